The molecule has 2 rings (SSSR count). The van der Waals surface area contributed by atoms with Crippen LogP contribution in [0.3, 0.4) is 0 Å². The summed E-state index contributed by atoms with van der Waals surface area (Å²) in [7, 11) is 1.65. The van der Waals surface area contributed by atoms with Gasteiger partial charge in [-0.2, -0.15) is 5.10 Å². The van der Waals surface area contributed by atoms with Crippen LogP contribution in [0.1, 0.15) is 15.9 Å². The van der Waals surface area contributed by atoms with Crippen LogP contribution >= 0.6 is 27.3 Å². The molecule has 0 aliphatic rings. The van der Waals surface area contributed by atoms with E-state index in [1.807, 2.05) is 0 Å². The van der Waals surface area contributed by atoms with E-state index in [4.69, 9.17) is 10.9 Å². The summed E-state index contributed by atoms with van der Waals surface area (Å²) in [5.41, 5.74) is 6.39. The highest BCUT2D eigenvalue weighted by atomic mass is 79.9. The number of nitrogens with two attached hydrogens (primary N) is 1. The third-order valence-electron chi connectivity index (χ3n) is 2.38. The Morgan fingerprint density at radius 1 is 1.68 bits per heavy atom. The molecule has 100 valence electrons. The molecule has 0 spiro atoms. The molecular weight excluding hydrogens is 334 g/mol. The van der Waals surface area contributed by atoms with Crippen molar-refractivity contribution in [1.82, 2.24) is 9.78 Å². The number of aryl methyl sites for hydroxylation is 1. The van der Waals surface area contributed by atoms with Crippen LogP contribution in [0.2, 0.25) is 0 Å². The summed E-state index contributed by atoms with van der Waals surface area (Å²) >= 11 is 4.70. The number of oxime groups is 1. The van der Waals surface area contributed by atoms with Crippen molar-refractivity contribution in [2.75, 3.05) is 5.32 Å². The normalized spacial score (nSPS) is 11.6. The van der Waals surface area contributed by atoms with Crippen molar-refractivity contribution in [2.45, 2.75) is 0 Å². The van der Waals surface area contributed by atoms with Gasteiger partial charge in [0.25, 0.3) is 5.91 Å². The first-order chi connectivity index (χ1) is 9.02. The number of aromatic nitrogens is 2. The number of carbonyl (C=O) groups is 1. The number of anilines is 1. The molecule has 0 radical (unpaired) electrons. The Balaban J connectivity index is 2.29. The number of carbonyl (C=O) groups excluding carboxylic acids is 1. The van der Waals surface area contributed by atoms with Crippen LogP contribution in [-0.2, 0) is 7.05 Å². The van der Waals surface area contributed by atoms with Crippen molar-refractivity contribution < 1.29 is 10.0 Å². The van der Waals surface area contributed by atoms with Gasteiger partial charge in [0.1, 0.15) is 5.82 Å². The Kier molecular flexibility index (Phi) is 3.86. The minimum Gasteiger partial charge on any atom is -0.409 e. The van der Waals surface area contributed by atoms with Gasteiger partial charge in [0, 0.05) is 12.4 Å². The summed E-state index contributed by atoms with van der Waals surface area (Å²) < 4.78 is 2.30. The lowest BCUT2D eigenvalue weighted by molar-refractivity contribution is 0.102. The molecule has 2 aromatic heterocycles. The van der Waals surface area contributed by atoms with Crippen LogP contribution in [0.25, 0.3) is 0 Å². The number of rotatable bonds is 3. The van der Waals surface area contributed by atoms with Crippen molar-refractivity contribution in [2.24, 2.45) is 17.9 Å². The number of halogens is 1. The monoisotopic (exact) mass is 343 g/mol. The molecule has 1 amide bonds. The van der Waals surface area contributed by atoms with Gasteiger partial charge in [-0.3, -0.25) is 9.48 Å². The Labute approximate surface area is 120 Å². The van der Waals surface area contributed by atoms with E-state index in [1.54, 1.807) is 18.5 Å². The van der Waals surface area contributed by atoms with E-state index < -0.39 is 0 Å². The summed E-state index contributed by atoms with van der Waals surface area (Å²) in [5.74, 6) is -0.0462. The number of hydrogen-bond donors (Lipinski definition) is 3. The Hall–Kier alpha value is -1.87. The number of nitrogens with one attached hydrogen (secondary N) is 1. The lowest BCUT2D eigenvalue weighted by Gasteiger charge is -2.06. The molecule has 0 unspecified atom stereocenters. The highest BCUT2D eigenvalue weighted by Crippen LogP contribution is 2.22. The van der Waals surface area contributed by atoms with Gasteiger partial charge in [-0.15, -0.1) is 11.3 Å². The molecule has 2 aromatic rings. The SMILES string of the molecule is Cn1ncc(C(N)=NO)c1NC(=O)c1csc(Br)c1. The fourth-order valence-corrected chi connectivity index (χ4v) is 2.57. The van der Waals surface area contributed by atoms with Gasteiger partial charge in [0.05, 0.1) is 21.1 Å². The quantitative estimate of drug-likeness (QED) is 0.340. The molecular formula is C10H10BrN5O2S. The predicted molar refractivity (Wildman–Crippen MR) is 75.7 cm³/mol. The van der Waals surface area contributed by atoms with Gasteiger partial charge in [0.15, 0.2) is 5.84 Å². The number of amides is 1. The smallest absolute Gasteiger partial charge is 0.257 e. The summed E-state index contributed by atoms with van der Waals surface area (Å²) in [6.45, 7) is 0. The molecule has 19 heavy (non-hydrogen) atoms. The van der Waals surface area contributed by atoms with E-state index >= 15 is 0 Å². The minimum atomic E-state index is -0.294. The van der Waals surface area contributed by atoms with Gasteiger partial charge < -0.3 is 16.3 Å². The molecule has 0 aliphatic heterocycles. The second-order valence-electron chi connectivity index (χ2n) is 3.61. The first-order valence-electron chi connectivity index (χ1n) is 5.08. The molecule has 0 saturated carbocycles. The zero-order chi connectivity index (χ0) is 14.0. The highest BCUT2D eigenvalue weighted by Gasteiger charge is 2.16. The molecule has 4 N–H and O–H groups in total. The van der Waals surface area contributed by atoms with E-state index in [9.17, 15) is 4.79 Å². The van der Waals surface area contributed by atoms with E-state index in [0.29, 0.717) is 16.9 Å². The van der Waals surface area contributed by atoms with Crippen molar-refractivity contribution >= 4 is 44.8 Å². The fourth-order valence-electron chi connectivity index (χ4n) is 1.44. The zero-order valence-electron chi connectivity index (χ0n) is 9.79. The van der Waals surface area contributed by atoms with Crippen molar-refractivity contribution in [3.05, 3.63) is 32.6 Å². The van der Waals surface area contributed by atoms with Crippen LogP contribution in [0.15, 0.2) is 26.6 Å². The van der Waals surface area contributed by atoms with E-state index in [0.717, 1.165) is 3.79 Å². The molecule has 0 atom stereocenters. The second-order valence-corrected chi connectivity index (χ2v) is 5.90. The van der Waals surface area contributed by atoms with Gasteiger partial charge in [0.2, 0.25) is 0 Å². The topological polar surface area (TPSA) is 106 Å². The van der Waals surface area contributed by atoms with Crippen LogP contribution in [0, 0.1) is 0 Å². The maximum Gasteiger partial charge on any atom is 0.257 e. The zero-order valence-corrected chi connectivity index (χ0v) is 12.2. The van der Waals surface area contributed by atoms with E-state index in [2.05, 4.69) is 31.5 Å². The summed E-state index contributed by atoms with van der Waals surface area (Å²) in [6, 6.07) is 1.71. The Morgan fingerprint density at radius 2 is 2.42 bits per heavy atom. The molecule has 0 aromatic carbocycles. The third-order valence-corrected chi connectivity index (χ3v) is 3.89. The summed E-state index contributed by atoms with van der Waals surface area (Å²) in [6.07, 6.45) is 1.41. The molecule has 7 nitrogen and oxygen atoms in total. The van der Waals surface area contributed by atoms with Gasteiger partial charge in [-0.25, -0.2) is 0 Å². The molecule has 9 heteroatoms. The van der Waals surface area contributed by atoms with Crippen molar-refractivity contribution in [1.29, 1.82) is 0 Å². The average molecular weight is 344 g/mol. The maximum atomic E-state index is 12.0. The van der Waals surface area contributed by atoms with Crippen LogP contribution < -0.4 is 11.1 Å². The van der Waals surface area contributed by atoms with E-state index in [-0.39, 0.29) is 11.7 Å². The Bertz CT molecular complexity index is 648. The molecule has 0 bridgehead atoms. The molecule has 0 aliphatic carbocycles. The molecule has 0 fully saturated rings. The second kappa shape index (κ2) is 5.41. The standard InChI is InChI=1S/C10H10BrN5O2S/c1-16-9(6(3-13-16)8(12)15-18)14-10(17)5-2-7(11)19-4-5/h2-4,18H,1H3,(H2,12,15)(H,14,17). The van der Waals surface area contributed by atoms with Crippen molar-refractivity contribution in [3.63, 3.8) is 0 Å². The lowest BCUT2D eigenvalue weighted by atomic mass is 10.2. The number of nitrogens with zero attached hydrogens (tertiary/aromatic N) is 3. The largest absolute Gasteiger partial charge is 0.409 e. The predicted octanol–water partition coefficient (Wildman–Crippen LogP) is 1.59. The lowest BCUT2D eigenvalue weighted by Crippen LogP contribution is -2.19. The maximum absolute atomic E-state index is 12.0. The first-order valence-corrected chi connectivity index (χ1v) is 6.75. The summed E-state index contributed by atoms with van der Waals surface area (Å²) in [5, 5.41) is 19.9. The Morgan fingerprint density at radius 3 is 3.00 bits per heavy atom. The molecule has 0 saturated heterocycles. The van der Waals surface area contributed by atoms with E-state index in [1.165, 1.54) is 22.2 Å². The first kappa shape index (κ1) is 13.6. The highest BCUT2D eigenvalue weighted by molar-refractivity contribution is 9.11. The number of amidine groups is 1. The van der Waals surface area contributed by atoms with Gasteiger partial charge in [-0.1, -0.05) is 5.16 Å². The van der Waals surface area contributed by atoms with Crippen LogP contribution in [-0.4, -0.2) is 26.7 Å². The van der Waals surface area contributed by atoms with Gasteiger partial charge in [-0.05, 0) is 22.0 Å². The van der Waals surface area contributed by atoms with Crippen LogP contribution in [0.4, 0.5) is 5.82 Å². The molecule has 2 heterocycles. The third kappa shape index (κ3) is 2.76. The number of hydrogen-bond acceptors (Lipinski definition) is 5. The minimum absolute atomic E-state index is 0.116. The van der Waals surface area contributed by atoms with Gasteiger partial charge >= 0.3 is 0 Å². The summed E-state index contributed by atoms with van der Waals surface area (Å²) in [4.78, 5) is 12.0. The van der Waals surface area contributed by atoms with Crippen LogP contribution in [0.5, 0.6) is 0 Å². The fraction of sp³-hybridized carbons (Fsp3) is 0.100. The number of thiophene rings is 1. The van der Waals surface area contributed by atoms with Crippen molar-refractivity contribution in [3.8, 4) is 0 Å². The average Bonchev–Trinajstić information content (AvgIpc) is 2.96.